The van der Waals surface area contributed by atoms with Crippen LogP contribution in [0.3, 0.4) is 0 Å². The van der Waals surface area contributed by atoms with Crippen LogP contribution in [0.1, 0.15) is 16.1 Å². The van der Waals surface area contributed by atoms with Crippen LogP contribution in [0.5, 0.6) is 0 Å². The first-order valence-electron chi connectivity index (χ1n) is 4.69. The highest BCUT2D eigenvalue weighted by Crippen LogP contribution is 2.32. The third-order valence-corrected chi connectivity index (χ3v) is 3.07. The van der Waals surface area contributed by atoms with Gasteiger partial charge in [-0.3, -0.25) is 4.79 Å². The fourth-order valence-corrected chi connectivity index (χ4v) is 2.45. The van der Waals surface area contributed by atoms with Crippen molar-refractivity contribution in [2.24, 2.45) is 0 Å². The van der Waals surface area contributed by atoms with E-state index in [1.807, 2.05) is 0 Å². The maximum atomic E-state index is 10.8. The molecule has 0 aliphatic rings. The normalized spacial score (nSPS) is 10.6. The Hall–Kier alpha value is -1.03. The van der Waals surface area contributed by atoms with Crippen LogP contribution in [-0.2, 0) is 0 Å². The van der Waals surface area contributed by atoms with E-state index in [9.17, 15) is 4.79 Å². The first-order valence-corrected chi connectivity index (χ1v) is 5.82. The Morgan fingerprint density at radius 1 is 1.24 bits per heavy atom. The number of hydrogen-bond donors (Lipinski definition) is 0. The molecule has 0 amide bonds. The average molecular weight is 290 g/mol. The molecule has 0 atom stereocenters. The van der Waals surface area contributed by atoms with Crippen LogP contribution < -0.4 is 0 Å². The average Bonchev–Trinajstić information content (AvgIpc) is 2.57. The minimum atomic E-state index is 0.377. The first-order chi connectivity index (χ1) is 8.02. The topological polar surface area (TPSA) is 34.9 Å². The fraction of sp³-hybridized carbons (Fsp3) is 0.0909. The molecule has 0 saturated heterocycles. The number of carbonyl (C=O) groups excluding carboxylic acids is 1. The van der Waals surface area contributed by atoms with Crippen LogP contribution in [0, 0.1) is 6.92 Å². The molecule has 1 aromatic carbocycles. The van der Waals surface area contributed by atoms with E-state index in [1.54, 1.807) is 25.3 Å². The van der Waals surface area contributed by atoms with Gasteiger partial charge in [-0.2, -0.15) is 5.10 Å². The monoisotopic (exact) mass is 288 g/mol. The zero-order chi connectivity index (χ0) is 12.6. The van der Waals surface area contributed by atoms with Crippen molar-refractivity contribution < 1.29 is 4.79 Å². The maximum Gasteiger partial charge on any atom is 0.153 e. The van der Waals surface area contributed by atoms with E-state index in [0.717, 1.165) is 6.29 Å². The maximum absolute atomic E-state index is 10.8. The molecule has 0 spiro atoms. The number of halogens is 3. The van der Waals surface area contributed by atoms with Crippen LogP contribution in [0.15, 0.2) is 18.3 Å². The lowest BCUT2D eigenvalue weighted by atomic mass is 10.3. The van der Waals surface area contributed by atoms with E-state index in [1.165, 1.54) is 4.68 Å². The quantitative estimate of drug-likeness (QED) is 0.785. The molecule has 1 aromatic heterocycles. The van der Waals surface area contributed by atoms with Crippen molar-refractivity contribution in [3.05, 3.63) is 44.7 Å². The Morgan fingerprint density at radius 2 is 1.82 bits per heavy atom. The summed E-state index contributed by atoms with van der Waals surface area (Å²) in [5, 5.41) is 5.38. The summed E-state index contributed by atoms with van der Waals surface area (Å²) in [6.07, 6.45) is 2.31. The SMILES string of the molecule is Cc1nn(-c2c(Cl)cc(Cl)cc2Cl)cc1C=O. The summed E-state index contributed by atoms with van der Waals surface area (Å²) in [6.45, 7) is 1.73. The summed E-state index contributed by atoms with van der Waals surface area (Å²) in [4.78, 5) is 10.8. The van der Waals surface area contributed by atoms with Gasteiger partial charge in [0, 0.05) is 11.2 Å². The molecule has 0 fully saturated rings. The molecule has 2 rings (SSSR count). The van der Waals surface area contributed by atoms with Crippen molar-refractivity contribution in [3.8, 4) is 5.69 Å². The number of aromatic nitrogens is 2. The van der Waals surface area contributed by atoms with E-state index < -0.39 is 0 Å². The van der Waals surface area contributed by atoms with E-state index in [0.29, 0.717) is 32.0 Å². The molecule has 0 aliphatic heterocycles. The van der Waals surface area contributed by atoms with Crippen molar-refractivity contribution in [3.63, 3.8) is 0 Å². The van der Waals surface area contributed by atoms with Gasteiger partial charge in [-0.25, -0.2) is 4.68 Å². The lowest BCUT2D eigenvalue weighted by Gasteiger charge is -2.07. The molecule has 0 N–H and O–H groups in total. The second-order valence-electron chi connectivity index (χ2n) is 3.45. The number of carbonyl (C=O) groups is 1. The predicted molar refractivity (Wildman–Crippen MR) is 68.7 cm³/mol. The van der Waals surface area contributed by atoms with Gasteiger partial charge >= 0.3 is 0 Å². The third kappa shape index (κ3) is 2.32. The lowest BCUT2D eigenvalue weighted by Crippen LogP contribution is -1.97. The Morgan fingerprint density at radius 3 is 2.29 bits per heavy atom. The van der Waals surface area contributed by atoms with Gasteiger partial charge in [0.2, 0.25) is 0 Å². The van der Waals surface area contributed by atoms with Crippen LogP contribution >= 0.6 is 34.8 Å². The highest BCUT2D eigenvalue weighted by Gasteiger charge is 2.13. The van der Waals surface area contributed by atoms with Gasteiger partial charge in [-0.05, 0) is 19.1 Å². The molecule has 0 aliphatic carbocycles. The van der Waals surface area contributed by atoms with E-state index in [2.05, 4.69) is 5.10 Å². The number of benzene rings is 1. The second-order valence-corrected chi connectivity index (χ2v) is 4.70. The zero-order valence-electron chi connectivity index (χ0n) is 8.75. The molecule has 0 unspecified atom stereocenters. The van der Waals surface area contributed by atoms with E-state index in [4.69, 9.17) is 34.8 Å². The number of hydrogen-bond acceptors (Lipinski definition) is 2. The van der Waals surface area contributed by atoms with Crippen LogP contribution in [0.4, 0.5) is 0 Å². The minimum absolute atomic E-state index is 0.377. The van der Waals surface area contributed by atoms with Crippen LogP contribution in [0.2, 0.25) is 15.1 Å². The highest BCUT2D eigenvalue weighted by atomic mass is 35.5. The second kappa shape index (κ2) is 4.69. The van der Waals surface area contributed by atoms with Crippen molar-refractivity contribution in [2.45, 2.75) is 6.92 Å². The molecule has 0 radical (unpaired) electrons. The Bertz CT molecular complexity index is 569. The van der Waals surface area contributed by atoms with Gasteiger partial charge in [0.15, 0.2) is 6.29 Å². The Kier molecular flexibility index (Phi) is 3.43. The van der Waals surface area contributed by atoms with Gasteiger partial charge in [0.05, 0.1) is 21.3 Å². The van der Waals surface area contributed by atoms with Gasteiger partial charge < -0.3 is 0 Å². The molecule has 6 heteroatoms. The number of aldehydes is 1. The standard InChI is InChI=1S/C11H7Cl3N2O/c1-6-7(5-17)4-16(15-6)11-9(13)2-8(12)3-10(11)14/h2-5H,1H3. The molecule has 0 saturated carbocycles. The molecule has 1 heterocycles. The minimum Gasteiger partial charge on any atom is -0.298 e. The lowest BCUT2D eigenvalue weighted by molar-refractivity contribution is 0.112. The van der Waals surface area contributed by atoms with Crippen molar-refractivity contribution >= 4 is 41.1 Å². The van der Waals surface area contributed by atoms with Crippen molar-refractivity contribution in [1.29, 1.82) is 0 Å². The van der Waals surface area contributed by atoms with Crippen molar-refractivity contribution in [1.82, 2.24) is 9.78 Å². The van der Waals surface area contributed by atoms with Gasteiger partial charge in [0.1, 0.15) is 5.69 Å². The third-order valence-electron chi connectivity index (χ3n) is 2.27. The summed E-state index contributed by atoms with van der Waals surface area (Å²) in [7, 11) is 0. The highest BCUT2D eigenvalue weighted by molar-refractivity contribution is 6.40. The molecular formula is C11H7Cl3N2O. The number of aryl methyl sites for hydroxylation is 1. The molecule has 2 aromatic rings. The van der Waals surface area contributed by atoms with Gasteiger partial charge in [0.25, 0.3) is 0 Å². The number of nitrogens with zero attached hydrogens (tertiary/aromatic N) is 2. The molecule has 17 heavy (non-hydrogen) atoms. The molecule has 3 nitrogen and oxygen atoms in total. The van der Waals surface area contributed by atoms with Gasteiger partial charge in [-0.15, -0.1) is 0 Å². The largest absolute Gasteiger partial charge is 0.298 e. The molecular weight excluding hydrogens is 282 g/mol. The summed E-state index contributed by atoms with van der Waals surface area (Å²) in [5.41, 5.74) is 1.61. The summed E-state index contributed by atoms with van der Waals surface area (Å²) < 4.78 is 1.47. The smallest absolute Gasteiger partial charge is 0.153 e. The van der Waals surface area contributed by atoms with E-state index in [-0.39, 0.29) is 0 Å². The van der Waals surface area contributed by atoms with Crippen LogP contribution in [0.25, 0.3) is 5.69 Å². The fourth-order valence-electron chi connectivity index (χ4n) is 1.46. The number of rotatable bonds is 2. The Labute approximate surface area is 113 Å². The summed E-state index contributed by atoms with van der Waals surface area (Å²) in [6, 6.07) is 3.14. The Balaban J connectivity index is 2.64. The zero-order valence-corrected chi connectivity index (χ0v) is 11.0. The van der Waals surface area contributed by atoms with Gasteiger partial charge in [-0.1, -0.05) is 34.8 Å². The van der Waals surface area contributed by atoms with Crippen LogP contribution in [-0.4, -0.2) is 16.1 Å². The first kappa shape index (κ1) is 12.4. The van der Waals surface area contributed by atoms with E-state index >= 15 is 0 Å². The summed E-state index contributed by atoms with van der Waals surface area (Å²) in [5.74, 6) is 0. The predicted octanol–water partition coefficient (Wildman–Crippen LogP) is 3.95. The molecule has 88 valence electrons. The van der Waals surface area contributed by atoms with Crippen molar-refractivity contribution in [2.75, 3.05) is 0 Å². The summed E-state index contributed by atoms with van der Waals surface area (Å²) >= 11 is 17.9. The molecule has 0 bridgehead atoms.